The molecule has 0 saturated heterocycles. The Hall–Kier alpha value is -6.31. The van der Waals surface area contributed by atoms with Crippen LogP contribution >= 0.6 is 0 Å². The Morgan fingerprint density at radius 1 is 0.855 bits per heavy atom. The summed E-state index contributed by atoms with van der Waals surface area (Å²) in [5, 5.41) is 26.4. The zero-order valence-corrected chi connectivity index (χ0v) is 34.5. The molecule has 0 atom stereocenters. The van der Waals surface area contributed by atoms with E-state index in [2.05, 4.69) is 47.8 Å². The van der Waals surface area contributed by atoms with E-state index >= 15 is 0 Å². The van der Waals surface area contributed by atoms with E-state index in [0.29, 0.717) is 30.5 Å². The van der Waals surface area contributed by atoms with Gasteiger partial charge in [-0.15, -0.1) is 0 Å². The SMILES string of the molecule is CC.CC.CC.CC.CC.N#CC1=C(c2ccc(-c3cc4oc5cc(C(/C=C\CC/C(C#N)=C\C=C/N)=C/N)ccc5c4c4ccccc34)cn2)NCC=C1. The van der Waals surface area contributed by atoms with Crippen molar-refractivity contribution in [3.05, 3.63) is 138 Å². The maximum Gasteiger partial charge on any atom is 0.136 e. The van der Waals surface area contributed by atoms with Gasteiger partial charge >= 0.3 is 0 Å². The molecule has 3 heterocycles. The highest BCUT2D eigenvalue weighted by atomic mass is 16.3. The van der Waals surface area contributed by atoms with E-state index in [-0.39, 0.29) is 0 Å². The number of dihydropyridines is 1. The Morgan fingerprint density at radius 2 is 1.56 bits per heavy atom. The number of hydrogen-bond donors (Lipinski definition) is 3. The number of nitrogens with zero attached hydrogens (tertiary/aromatic N) is 3. The minimum absolute atomic E-state index is 0.569. The Morgan fingerprint density at radius 3 is 2.18 bits per heavy atom. The van der Waals surface area contributed by atoms with Crippen molar-refractivity contribution >= 4 is 44.0 Å². The first-order chi connectivity index (χ1) is 27.1. The van der Waals surface area contributed by atoms with Gasteiger partial charge in [0.25, 0.3) is 0 Å². The second-order valence-electron chi connectivity index (χ2n) is 10.5. The van der Waals surface area contributed by atoms with Crippen molar-refractivity contribution in [3.63, 3.8) is 0 Å². The Bertz CT molecular complexity index is 2200. The number of rotatable bonds is 8. The minimum atomic E-state index is 0.569. The molecule has 5 aromatic rings. The predicted molar refractivity (Wildman–Crippen MR) is 238 cm³/mol. The fraction of sp³-hybridized carbons (Fsp3) is 0.271. The molecule has 7 heteroatoms. The fourth-order valence-corrected chi connectivity index (χ4v) is 5.64. The second-order valence-corrected chi connectivity index (χ2v) is 10.5. The first-order valence-corrected chi connectivity index (χ1v) is 19.6. The van der Waals surface area contributed by atoms with Crippen LogP contribution in [0.3, 0.4) is 0 Å². The third-order valence-electron chi connectivity index (χ3n) is 7.82. The third kappa shape index (κ3) is 11.8. The van der Waals surface area contributed by atoms with Crippen LogP contribution in [0.2, 0.25) is 0 Å². The van der Waals surface area contributed by atoms with Gasteiger partial charge in [0, 0.05) is 40.9 Å². The maximum absolute atomic E-state index is 9.53. The number of nitriles is 2. The lowest BCUT2D eigenvalue weighted by molar-refractivity contribution is 0.669. The van der Waals surface area contributed by atoms with E-state index in [1.54, 1.807) is 18.4 Å². The number of nitrogens with one attached hydrogen (secondary N) is 1. The van der Waals surface area contributed by atoms with Crippen LogP contribution in [0, 0.1) is 22.7 Å². The largest absolute Gasteiger partial charge is 0.456 e. The summed E-state index contributed by atoms with van der Waals surface area (Å²) in [6.07, 6.45) is 17.2. The van der Waals surface area contributed by atoms with Gasteiger partial charge in [-0.3, -0.25) is 4.98 Å². The van der Waals surface area contributed by atoms with Crippen LogP contribution in [-0.4, -0.2) is 11.5 Å². The molecule has 0 radical (unpaired) electrons. The quantitative estimate of drug-likeness (QED) is 0.106. The van der Waals surface area contributed by atoms with Crippen LogP contribution in [0.4, 0.5) is 0 Å². The average Bonchev–Trinajstić information content (AvgIpc) is 3.66. The maximum atomic E-state index is 9.53. The van der Waals surface area contributed by atoms with E-state index in [1.165, 1.54) is 6.20 Å². The van der Waals surface area contributed by atoms with Gasteiger partial charge in [0.1, 0.15) is 17.2 Å². The first kappa shape index (κ1) is 46.7. The summed E-state index contributed by atoms with van der Waals surface area (Å²) in [5.74, 6) is 0. The van der Waals surface area contributed by atoms with Crippen molar-refractivity contribution in [2.24, 2.45) is 11.5 Å². The molecule has 0 amide bonds. The van der Waals surface area contributed by atoms with Crippen LogP contribution in [0.5, 0.6) is 0 Å². The van der Waals surface area contributed by atoms with Gasteiger partial charge in [0.15, 0.2) is 0 Å². The molecule has 5 N–H and O–H groups in total. The van der Waals surface area contributed by atoms with E-state index < -0.39 is 0 Å². The molecule has 0 fully saturated rings. The van der Waals surface area contributed by atoms with Gasteiger partial charge in [-0.25, -0.2) is 0 Å². The predicted octanol–water partition coefficient (Wildman–Crippen LogP) is 12.9. The number of aromatic nitrogens is 1. The van der Waals surface area contributed by atoms with Gasteiger partial charge in [-0.2, -0.15) is 10.5 Å². The molecule has 3 aromatic carbocycles. The lowest BCUT2D eigenvalue weighted by Crippen LogP contribution is -2.17. The number of pyridine rings is 1. The van der Waals surface area contributed by atoms with E-state index in [4.69, 9.17) is 20.9 Å². The highest BCUT2D eigenvalue weighted by molar-refractivity contribution is 6.22. The van der Waals surface area contributed by atoms with E-state index in [9.17, 15) is 10.5 Å². The molecule has 0 unspecified atom stereocenters. The normalized spacial score (nSPS) is 12.1. The lowest BCUT2D eigenvalue weighted by Gasteiger charge is -2.14. The Balaban J connectivity index is 0.00000140. The monoisotopic (exact) mass is 736 g/mol. The van der Waals surface area contributed by atoms with Gasteiger partial charge < -0.3 is 21.2 Å². The lowest BCUT2D eigenvalue weighted by atomic mass is 9.95. The van der Waals surface area contributed by atoms with Crippen molar-refractivity contribution in [1.29, 1.82) is 10.5 Å². The standard InChI is InChI=1S/C38H30N6O.5C2H6/c39-17-5-8-25(21-40)7-1-2-9-27(22-41)26-13-15-32-35(19-26)45-36-20-33(30-11-3-4-12-31(30)37(32)36)29-14-16-34(44-24-29)38-28(23-42)10-6-18-43-38;5*1-2/h2-6,8-17,19-20,22,24,43H,1,7,18,39,41H2;5*1-2H3/b9-2-,17-5-,25-8+,27-22+;;;;;. The van der Waals surface area contributed by atoms with Crippen LogP contribution in [0.15, 0.2) is 131 Å². The molecule has 0 aliphatic carbocycles. The summed E-state index contributed by atoms with van der Waals surface area (Å²) in [7, 11) is 0. The number of allylic oxidation sites excluding steroid dienone is 8. The van der Waals surface area contributed by atoms with Crippen LogP contribution in [0.25, 0.3) is 55.1 Å². The topological polar surface area (TPSA) is 138 Å². The van der Waals surface area contributed by atoms with Crippen LogP contribution in [0.1, 0.15) is 93.3 Å². The van der Waals surface area contributed by atoms with Crippen molar-refractivity contribution in [2.45, 2.75) is 82.1 Å². The number of hydrogen-bond acceptors (Lipinski definition) is 7. The van der Waals surface area contributed by atoms with Crippen molar-refractivity contribution in [2.75, 3.05) is 6.54 Å². The fourth-order valence-electron chi connectivity index (χ4n) is 5.64. The molecule has 2 aromatic heterocycles. The molecular weight excluding hydrogens is 677 g/mol. The number of nitrogens with two attached hydrogens (primary N) is 2. The summed E-state index contributed by atoms with van der Waals surface area (Å²) in [4.78, 5) is 4.72. The number of furan rings is 1. The van der Waals surface area contributed by atoms with Gasteiger partial charge in [0.05, 0.1) is 23.0 Å². The Labute approximate surface area is 329 Å². The van der Waals surface area contributed by atoms with Crippen LogP contribution in [-0.2, 0) is 0 Å². The summed E-state index contributed by atoms with van der Waals surface area (Å²) in [6, 6.07) is 25.0. The molecule has 6 rings (SSSR count). The summed E-state index contributed by atoms with van der Waals surface area (Å²) in [6.45, 7) is 20.7. The molecular formula is C48H60N6O. The second kappa shape index (κ2) is 26.5. The molecule has 55 heavy (non-hydrogen) atoms. The summed E-state index contributed by atoms with van der Waals surface area (Å²) >= 11 is 0. The Kier molecular flexibility index (Phi) is 22.5. The summed E-state index contributed by atoms with van der Waals surface area (Å²) in [5.41, 5.74) is 19.4. The first-order valence-electron chi connectivity index (χ1n) is 19.6. The zero-order valence-electron chi connectivity index (χ0n) is 34.5. The third-order valence-corrected chi connectivity index (χ3v) is 7.82. The molecule has 1 aliphatic heterocycles. The molecule has 7 nitrogen and oxygen atoms in total. The molecule has 1 aliphatic rings. The molecule has 0 saturated carbocycles. The van der Waals surface area contributed by atoms with Crippen molar-refractivity contribution in [1.82, 2.24) is 10.3 Å². The van der Waals surface area contributed by atoms with Crippen LogP contribution < -0.4 is 16.8 Å². The molecule has 288 valence electrons. The smallest absolute Gasteiger partial charge is 0.136 e. The molecule has 0 spiro atoms. The van der Waals surface area contributed by atoms with Gasteiger partial charge in [-0.05, 0) is 89.0 Å². The molecule has 0 bridgehead atoms. The van der Waals surface area contributed by atoms with E-state index in [0.717, 1.165) is 66.4 Å². The van der Waals surface area contributed by atoms with Crippen molar-refractivity contribution in [3.8, 4) is 23.3 Å². The van der Waals surface area contributed by atoms with Crippen molar-refractivity contribution < 1.29 is 4.42 Å². The summed E-state index contributed by atoms with van der Waals surface area (Å²) < 4.78 is 6.48. The number of fused-ring (bicyclic) bond motifs is 5. The van der Waals surface area contributed by atoms with E-state index in [1.807, 2.05) is 130 Å². The minimum Gasteiger partial charge on any atom is -0.456 e. The highest BCUT2D eigenvalue weighted by Crippen LogP contribution is 2.40. The average molecular weight is 737 g/mol. The number of benzene rings is 3. The van der Waals surface area contributed by atoms with Gasteiger partial charge in [-0.1, -0.05) is 124 Å². The highest BCUT2D eigenvalue weighted by Gasteiger charge is 2.17. The zero-order chi connectivity index (χ0) is 41.2. The van der Waals surface area contributed by atoms with Gasteiger partial charge in [0.2, 0.25) is 0 Å².